The minimum atomic E-state index is -2.43. The maximum Gasteiger partial charge on any atom is 0.407 e. The summed E-state index contributed by atoms with van der Waals surface area (Å²) in [5.41, 5.74) is 0.518. The van der Waals surface area contributed by atoms with Crippen LogP contribution in [0.3, 0.4) is 0 Å². The number of hydrogen-bond acceptors (Lipinski definition) is 4. The van der Waals surface area contributed by atoms with Crippen molar-refractivity contribution in [1.29, 1.82) is 0 Å². The normalized spacial score (nSPS) is 14.7. The molecule has 1 aromatic carbocycles. The largest absolute Gasteiger partial charge is 0.512 e. The summed E-state index contributed by atoms with van der Waals surface area (Å²) in [4.78, 5) is 12.1. The molecule has 1 rings (SSSR count). The molecular formula is C19H31NO4S. The highest BCUT2D eigenvalue weighted by Crippen LogP contribution is 2.14. The Balaban J connectivity index is 2.75. The molecule has 0 bridgehead atoms. The molecule has 0 spiro atoms. The second-order valence-electron chi connectivity index (χ2n) is 7.63. The van der Waals surface area contributed by atoms with Gasteiger partial charge in [0, 0.05) is 17.9 Å². The lowest BCUT2D eigenvalue weighted by molar-refractivity contribution is 0.0501. The first-order valence-corrected chi connectivity index (χ1v) is 11.1. The summed E-state index contributed by atoms with van der Waals surface area (Å²) >= 11 is 0. The summed E-state index contributed by atoms with van der Waals surface area (Å²) in [5, 5.41) is 14.3. The van der Waals surface area contributed by atoms with E-state index in [1.807, 2.05) is 51.1 Å². The van der Waals surface area contributed by atoms with Gasteiger partial charge in [-0.3, -0.25) is 4.21 Å². The van der Waals surface area contributed by atoms with Gasteiger partial charge in [-0.2, -0.15) is 0 Å². The van der Waals surface area contributed by atoms with Gasteiger partial charge in [0.15, 0.2) is 0 Å². The van der Waals surface area contributed by atoms with Crippen molar-refractivity contribution in [3.63, 3.8) is 0 Å². The van der Waals surface area contributed by atoms with Gasteiger partial charge in [-0.1, -0.05) is 40.3 Å². The summed E-state index contributed by atoms with van der Waals surface area (Å²) in [6, 6.07) is 9.62. The zero-order valence-corrected chi connectivity index (χ0v) is 16.7. The van der Waals surface area contributed by atoms with Crippen LogP contribution in [-0.2, 0) is 21.1 Å². The van der Waals surface area contributed by atoms with Crippen molar-refractivity contribution in [2.45, 2.75) is 51.7 Å². The maximum atomic E-state index is 12.1. The van der Waals surface area contributed by atoms with E-state index in [2.05, 4.69) is 5.32 Å². The molecule has 1 atom stereocenters. The molecule has 0 aliphatic rings. The molecule has 0 saturated heterocycles. The molecule has 0 fully saturated rings. The van der Waals surface area contributed by atoms with Gasteiger partial charge in [0.05, 0.1) is 5.76 Å². The van der Waals surface area contributed by atoms with Crippen LogP contribution in [0.4, 0.5) is 4.79 Å². The van der Waals surface area contributed by atoms with Crippen molar-refractivity contribution in [3.05, 3.63) is 47.1 Å². The van der Waals surface area contributed by atoms with Crippen molar-refractivity contribution in [1.82, 2.24) is 5.32 Å². The summed E-state index contributed by atoms with van der Waals surface area (Å²) in [6.07, 6.45) is 4.22. The molecule has 0 aliphatic carbocycles. The molecule has 6 heteroatoms. The average Bonchev–Trinajstić information content (AvgIpc) is 2.42. The quantitative estimate of drug-likeness (QED) is 0.507. The molecule has 1 aromatic rings. The summed E-state index contributed by atoms with van der Waals surface area (Å²) in [5.74, 6) is 0.0948. The Bertz CT molecular complexity index is 629. The third-order valence-electron chi connectivity index (χ3n) is 3.25. The zero-order valence-electron chi connectivity index (χ0n) is 15.8. The second-order valence-corrected chi connectivity index (χ2v) is 10.8. The Morgan fingerprint density at radius 1 is 1.28 bits per heavy atom. The topological polar surface area (TPSA) is 75.6 Å². The first kappa shape index (κ1) is 21.2. The minimum Gasteiger partial charge on any atom is -0.512 e. The number of carbonyl (C=O) groups excluding carboxylic acids is 1. The number of aliphatic hydroxyl groups is 1. The van der Waals surface area contributed by atoms with E-state index in [0.29, 0.717) is 19.3 Å². The lowest BCUT2D eigenvalue weighted by Crippen LogP contribution is -2.40. The molecular weight excluding hydrogens is 338 g/mol. The van der Waals surface area contributed by atoms with Gasteiger partial charge in [0.1, 0.15) is 5.60 Å². The van der Waals surface area contributed by atoms with E-state index in [1.54, 1.807) is 12.5 Å². The van der Waals surface area contributed by atoms with E-state index in [-0.39, 0.29) is 11.8 Å². The summed E-state index contributed by atoms with van der Waals surface area (Å²) < 4.78 is 17.1. The van der Waals surface area contributed by atoms with Gasteiger partial charge in [-0.15, -0.1) is 0 Å². The van der Waals surface area contributed by atoms with E-state index < -0.39 is 21.6 Å². The number of hydrogen-bond donors (Lipinski definition) is 3. The van der Waals surface area contributed by atoms with E-state index in [0.717, 1.165) is 5.56 Å². The highest BCUT2D eigenvalue weighted by molar-refractivity contribution is 8.04. The van der Waals surface area contributed by atoms with E-state index in [4.69, 9.17) is 4.74 Å². The van der Waals surface area contributed by atoms with Gasteiger partial charge in [0.25, 0.3) is 0 Å². The van der Waals surface area contributed by atoms with E-state index >= 15 is 0 Å². The molecule has 0 heterocycles. The lowest BCUT2D eigenvalue weighted by atomic mass is 10.0. The van der Waals surface area contributed by atoms with E-state index in [1.165, 1.54) is 5.41 Å². The van der Waals surface area contributed by atoms with Crippen LogP contribution in [0.15, 0.2) is 41.5 Å². The molecule has 0 aromatic heterocycles. The van der Waals surface area contributed by atoms with Crippen LogP contribution >= 0.6 is 0 Å². The highest BCUT2D eigenvalue weighted by atomic mass is 32.2. The van der Waals surface area contributed by atoms with Gasteiger partial charge in [-0.05, 0) is 51.7 Å². The number of amides is 1. The van der Waals surface area contributed by atoms with Crippen LogP contribution in [0.25, 0.3) is 0 Å². The standard InChI is InChI=1S/C19H31NO4S/c1-19(2,3)24-18(22)20-16(13-15-9-7-6-8-10-15)11-12-17(21)14-25(4,5)23/h6-10,14,16,21,25H,11-13H2,1-5H3,(H,20,22)/b17-14-/t16-/m0/s1. The van der Waals surface area contributed by atoms with Crippen molar-refractivity contribution in [3.8, 4) is 0 Å². The molecule has 1 amide bonds. The molecule has 0 unspecified atom stereocenters. The van der Waals surface area contributed by atoms with Crippen LogP contribution in [0.5, 0.6) is 0 Å². The smallest absolute Gasteiger partial charge is 0.407 e. The Kier molecular flexibility index (Phi) is 7.67. The number of allylic oxidation sites excluding steroid dienone is 1. The van der Waals surface area contributed by atoms with Crippen LogP contribution in [0.1, 0.15) is 39.2 Å². The van der Waals surface area contributed by atoms with Crippen LogP contribution in [-0.4, -0.2) is 39.6 Å². The predicted octanol–water partition coefficient (Wildman–Crippen LogP) is 3.58. The number of alkyl carbamates (subject to hydrolysis) is 1. The van der Waals surface area contributed by atoms with E-state index in [9.17, 15) is 14.1 Å². The SMILES string of the molecule is CC(C)(C)OC(=O)N[C@@H](CC/C(O)=C/[SH](C)(C)=O)Cc1ccccc1. The Labute approximate surface area is 151 Å². The molecule has 5 nitrogen and oxygen atoms in total. The van der Waals surface area contributed by atoms with Crippen LogP contribution in [0, 0.1) is 0 Å². The zero-order chi connectivity index (χ0) is 19.1. The monoisotopic (exact) mass is 369 g/mol. The fraction of sp³-hybridized carbons (Fsp3) is 0.526. The molecule has 0 aliphatic heterocycles. The molecule has 0 saturated carbocycles. The summed E-state index contributed by atoms with van der Waals surface area (Å²) in [6.45, 7) is 5.44. The van der Waals surface area contributed by atoms with Gasteiger partial charge in [0.2, 0.25) is 0 Å². The lowest BCUT2D eigenvalue weighted by Gasteiger charge is -2.24. The Morgan fingerprint density at radius 3 is 2.40 bits per heavy atom. The number of carbonyl (C=O) groups is 1. The van der Waals surface area contributed by atoms with Crippen molar-refractivity contribution in [2.24, 2.45) is 0 Å². The number of rotatable bonds is 7. The molecule has 25 heavy (non-hydrogen) atoms. The minimum absolute atomic E-state index is 0.0948. The first-order chi connectivity index (χ1) is 11.4. The maximum absolute atomic E-state index is 12.1. The van der Waals surface area contributed by atoms with Gasteiger partial charge < -0.3 is 15.2 Å². The Morgan fingerprint density at radius 2 is 1.88 bits per heavy atom. The van der Waals surface area contributed by atoms with Crippen molar-refractivity contribution in [2.75, 3.05) is 12.5 Å². The number of ether oxygens (including phenoxy) is 1. The van der Waals surface area contributed by atoms with Crippen LogP contribution in [0.2, 0.25) is 0 Å². The van der Waals surface area contributed by atoms with Crippen molar-refractivity contribution < 1.29 is 18.8 Å². The number of nitrogens with one attached hydrogen (secondary N) is 1. The fourth-order valence-corrected chi connectivity index (χ4v) is 3.19. The fourth-order valence-electron chi connectivity index (χ4n) is 2.34. The summed E-state index contributed by atoms with van der Waals surface area (Å²) in [7, 11) is -2.43. The average molecular weight is 370 g/mol. The first-order valence-electron chi connectivity index (χ1n) is 8.43. The van der Waals surface area contributed by atoms with Crippen molar-refractivity contribution >= 4 is 16.0 Å². The molecule has 0 radical (unpaired) electrons. The van der Waals surface area contributed by atoms with Crippen LogP contribution < -0.4 is 5.32 Å². The number of aliphatic hydroxyl groups excluding tert-OH is 1. The Hall–Kier alpha value is -1.82. The number of thiol groups is 1. The second kappa shape index (κ2) is 9.04. The predicted molar refractivity (Wildman–Crippen MR) is 105 cm³/mol. The third-order valence-corrected chi connectivity index (χ3v) is 4.17. The number of benzene rings is 1. The molecule has 2 N–H and O–H groups in total. The van der Waals surface area contributed by atoms with Gasteiger partial charge >= 0.3 is 6.09 Å². The highest BCUT2D eigenvalue weighted by Gasteiger charge is 2.20. The van der Waals surface area contributed by atoms with Gasteiger partial charge in [-0.25, -0.2) is 4.79 Å². The molecule has 142 valence electrons. The third kappa shape index (κ3) is 10.6.